The first kappa shape index (κ1) is 13.6. The molecule has 0 heterocycles. The van der Waals surface area contributed by atoms with Crippen molar-refractivity contribution in [1.82, 2.24) is 0 Å². The monoisotopic (exact) mass is 253 g/mol. The molecule has 0 bridgehead atoms. The van der Waals surface area contributed by atoms with Gasteiger partial charge in [0, 0.05) is 11.8 Å². The normalized spacial score (nSPS) is 10.8. The summed E-state index contributed by atoms with van der Waals surface area (Å²) in [5.74, 6) is 0.961. The van der Waals surface area contributed by atoms with Crippen molar-refractivity contribution in [2.24, 2.45) is 0 Å². The number of hydrogen-bond acceptors (Lipinski definition) is 4. The summed E-state index contributed by atoms with van der Waals surface area (Å²) < 4.78 is 5.42. The van der Waals surface area contributed by atoms with Crippen LogP contribution in [-0.2, 0) is 0 Å². The summed E-state index contributed by atoms with van der Waals surface area (Å²) in [6.45, 7) is 3.94. The van der Waals surface area contributed by atoms with Crippen LogP contribution >= 0.6 is 12.6 Å². The molecule has 92 valence electrons. The van der Waals surface area contributed by atoms with Crippen LogP contribution in [0.25, 0.3) is 0 Å². The van der Waals surface area contributed by atoms with Crippen molar-refractivity contribution >= 4 is 18.3 Å². The van der Waals surface area contributed by atoms with Gasteiger partial charge in [-0.25, -0.2) is 0 Å². The number of nitro benzene ring substituents is 1. The lowest BCUT2D eigenvalue weighted by Gasteiger charge is -2.08. The molecule has 0 atom stereocenters. The van der Waals surface area contributed by atoms with Crippen molar-refractivity contribution < 1.29 is 9.66 Å². The summed E-state index contributed by atoms with van der Waals surface area (Å²) in [5.41, 5.74) is 1.64. The summed E-state index contributed by atoms with van der Waals surface area (Å²) in [6, 6.07) is 3.38. The Hall–Kier alpha value is -1.49. The van der Waals surface area contributed by atoms with E-state index in [-0.39, 0.29) is 5.69 Å². The zero-order valence-electron chi connectivity index (χ0n) is 9.84. The fraction of sp³-hybridized carbons (Fsp3) is 0.333. The van der Waals surface area contributed by atoms with E-state index >= 15 is 0 Å². The van der Waals surface area contributed by atoms with Crippen LogP contribution in [0.5, 0.6) is 5.75 Å². The van der Waals surface area contributed by atoms with Gasteiger partial charge in [0.25, 0.3) is 0 Å². The Balaban J connectivity index is 2.96. The van der Waals surface area contributed by atoms with Gasteiger partial charge in [-0.2, -0.15) is 12.6 Å². The summed E-state index contributed by atoms with van der Waals surface area (Å²) in [6.07, 6.45) is 3.62. The van der Waals surface area contributed by atoms with Gasteiger partial charge in [-0.1, -0.05) is 18.2 Å². The molecule has 1 aromatic carbocycles. The molecule has 0 aliphatic heterocycles. The van der Waals surface area contributed by atoms with Crippen LogP contribution in [0, 0.1) is 24.0 Å². The van der Waals surface area contributed by atoms with E-state index in [1.807, 2.05) is 19.1 Å². The first-order valence-corrected chi connectivity index (χ1v) is 5.83. The van der Waals surface area contributed by atoms with Gasteiger partial charge in [0.15, 0.2) is 5.75 Å². The molecule has 0 radical (unpaired) electrons. The van der Waals surface area contributed by atoms with Crippen molar-refractivity contribution in [3.63, 3.8) is 0 Å². The molecule has 0 amide bonds. The topological polar surface area (TPSA) is 52.4 Å². The highest BCUT2D eigenvalue weighted by Crippen LogP contribution is 2.31. The van der Waals surface area contributed by atoms with Crippen molar-refractivity contribution in [1.29, 1.82) is 0 Å². The second-order valence-electron chi connectivity index (χ2n) is 3.65. The lowest BCUT2D eigenvalue weighted by molar-refractivity contribution is -0.385. The highest BCUT2D eigenvalue weighted by molar-refractivity contribution is 7.80. The quantitative estimate of drug-likeness (QED) is 0.380. The van der Waals surface area contributed by atoms with Crippen molar-refractivity contribution in [3.8, 4) is 5.75 Å². The maximum Gasteiger partial charge on any atom is 0.311 e. The van der Waals surface area contributed by atoms with Crippen LogP contribution in [0.2, 0.25) is 0 Å². The Morgan fingerprint density at radius 3 is 2.71 bits per heavy atom. The van der Waals surface area contributed by atoms with Gasteiger partial charge >= 0.3 is 5.69 Å². The zero-order valence-corrected chi connectivity index (χ0v) is 10.7. The molecule has 5 heteroatoms. The molecule has 0 unspecified atom stereocenters. The second-order valence-corrected chi connectivity index (χ2v) is 4.02. The van der Waals surface area contributed by atoms with Crippen molar-refractivity contribution in [2.45, 2.75) is 13.8 Å². The summed E-state index contributed by atoms with van der Waals surface area (Å²) in [7, 11) is 0. The fourth-order valence-corrected chi connectivity index (χ4v) is 1.68. The maximum absolute atomic E-state index is 10.9. The van der Waals surface area contributed by atoms with Crippen LogP contribution in [-0.4, -0.2) is 17.3 Å². The molecule has 0 saturated carbocycles. The van der Waals surface area contributed by atoms with Crippen LogP contribution in [0.3, 0.4) is 0 Å². The zero-order chi connectivity index (χ0) is 12.8. The van der Waals surface area contributed by atoms with Crippen LogP contribution in [0.15, 0.2) is 24.3 Å². The molecular weight excluding hydrogens is 238 g/mol. The van der Waals surface area contributed by atoms with E-state index in [1.165, 1.54) is 6.07 Å². The number of hydrogen-bond donors (Lipinski definition) is 1. The van der Waals surface area contributed by atoms with Crippen LogP contribution < -0.4 is 4.74 Å². The third-order valence-corrected chi connectivity index (χ3v) is 2.40. The average molecular weight is 253 g/mol. The molecule has 4 nitrogen and oxygen atoms in total. The fourth-order valence-electron chi connectivity index (χ4n) is 1.53. The van der Waals surface area contributed by atoms with Gasteiger partial charge in [0.05, 0.1) is 4.92 Å². The standard InChI is InChI=1S/C12H15NO3S/c1-9-7-10(2)12(11(8-9)13(14)15)16-5-3-4-6-17/h3-4,7-8,17H,5-6H2,1-2H3. The Labute approximate surface area is 106 Å². The average Bonchev–Trinajstić information content (AvgIpc) is 2.25. The summed E-state index contributed by atoms with van der Waals surface area (Å²) in [4.78, 5) is 10.5. The SMILES string of the molecule is Cc1cc(C)c(OCC=CCS)c([N+](=O)[O-])c1. The number of aryl methyl sites for hydroxylation is 2. The molecule has 0 spiro atoms. The summed E-state index contributed by atoms with van der Waals surface area (Å²) >= 11 is 4.02. The molecule has 0 fully saturated rings. The highest BCUT2D eigenvalue weighted by Gasteiger charge is 2.17. The number of nitro groups is 1. The molecule has 0 saturated heterocycles. The lowest BCUT2D eigenvalue weighted by Crippen LogP contribution is -2.01. The Kier molecular flexibility index (Phi) is 5.03. The van der Waals surface area contributed by atoms with Gasteiger partial charge in [-0.15, -0.1) is 0 Å². The number of nitrogens with zero attached hydrogens (tertiary/aromatic N) is 1. The van der Waals surface area contributed by atoms with E-state index in [9.17, 15) is 10.1 Å². The third kappa shape index (κ3) is 3.78. The minimum atomic E-state index is -0.419. The predicted molar refractivity (Wildman–Crippen MR) is 71.1 cm³/mol. The summed E-state index contributed by atoms with van der Waals surface area (Å²) in [5, 5.41) is 10.9. The van der Waals surface area contributed by atoms with Gasteiger partial charge in [-0.05, 0) is 25.0 Å². The van der Waals surface area contributed by atoms with Crippen LogP contribution in [0.4, 0.5) is 5.69 Å². The van der Waals surface area contributed by atoms with Gasteiger partial charge in [-0.3, -0.25) is 10.1 Å². The third-order valence-electron chi connectivity index (χ3n) is 2.19. The second kappa shape index (κ2) is 6.30. The van der Waals surface area contributed by atoms with E-state index in [0.717, 1.165) is 11.1 Å². The largest absolute Gasteiger partial charge is 0.482 e. The highest BCUT2D eigenvalue weighted by atomic mass is 32.1. The lowest BCUT2D eigenvalue weighted by atomic mass is 10.1. The van der Waals surface area contributed by atoms with Gasteiger partial charge in [0.2, 0.25) is 0 Å². The predicted octanol–water partition coefficient (Wildman–Crippen LogP) is 3.08. The maximum atomic E-state index is 10.9. The molecule has 0 aliphatic carbocycles. The van der Waals surface area contributed by atoms with E-state index in [2.05, 4.69) is 12.6 Å². The van der Waals surface area contributed by atoms with Crippen molar-refractivity contribution in [2.75, 3.05) is 12.4 Å². The Bertz CT molecular complexity index is 444. The molecule has 1 aromatic rings. The minimum absolute atomic E-state index is 0.0155. The number of benzene rings is 1. The minimum Gasteiger partial charge on any atom is -0.482 e. The molecule has 17 heavy (non-hydrogen) atoms. The van der Waals surface area contributed by atoms with E-state index < -0.39 is 4.92 Å². The molecule has 0 aromatic heterocycles. The number of rotatable bonds is 5. The first-order chi connectivity index (χ1) is 8.06. The first-order valence-electron chi connectivity index (χ1n) is 5.20. The molecule has 0 aliphatic rings. The number of thiol groups is 1. The van der Waals surface area contributed by atoms with Crippen LogP contribution in [0.1, 0.15) is 11.1 Å². The molecular formula is C12H15NO3S. The smallest absolute Gasteiger partial charge is 0.311 e. The van der Waals surface area contributed by atoms with Crippen molar-refractivity contribution in [3.05, 3.63) is 45.5 Å². The molecule has 0 N–H and O–H groups in total. The van der Waals surface area contributed by atoms with Gasteiger partial charge < -0.3 is 4.74 Å². The van der Waals surface area contributed by atoms with E-state index in [0.29, 0.717) is 18.1 Å². The number of ether oxygens (including phenoxy) is 1. The Morgan fingerprint density at radius 1 is 1.41 bits per heavy atom. The van der Waals surface area contributed by atoms with E-state index in [4.69, 9.17) is 4.74 Å². The van der Waals surface area contributed by atoms with Gasteiger partial charge in [0.1, 0.15) is 6.61 Å². The molecule has 1 rings (SSSR count). The Morgan fingerprint density at radius 2 is 2.12 bits per heavy atom. The van der Waals surface area contributed by atoms with E-state index in [1.54, 1.807) is 13.0 Å².